The molecule has 0 aliphatic heterocycles. The minimum Gasteiger partial charge on any atom is -0.393 e. The van der Waals surface area contributed by atoms with Crippen LogP contribution in [0.5, 0.6) is 0 Å². The standard InChI is InChI=1S/C6H12O.CHF3/c7-6-4-2-1-3-5-6;2-1(3)4/h6-7H,1-5H2;1H. The van der Waals surface area contributed by atoms with Gasteiger partial charge in [-0.2, -0.15) is 13.2 Å². The van der Waals surface area contributed by atoms with E-state index in [4.69, 9.17) is 5.11 Å². The monoisotopic (exact) mass is 170 g/mol. The second-order valence-corrected chi connectivity index (χ2v) is 2.54. The summed E-state index contributed by atoms with van der Waals surface area (Å²) in [6.45, 7) is -3.67. The number of aliphatic hydroxyl groups excluding tert-OH is 1. The topological polar surface area (TPSA) is 20.2 Å². The molecule has 68 valence electrons. The number of hydrogen-bond donors (Lipinski definition) is 1. The Kier molecular flexibility index (Phi) is 6.31. The molecule has 4 heteroatoms. The third-order valence-corrected chi connectivity index (χ3v) is 1.57. The molecule has 0 saturated heterocycles. The van der Waals surface area contributed by atoms with Crippen molar-refractivity contribution < 1.29 is 18.3 Å². The second kappa shape index (κ2) is 6.46. The van der Waals surface area contributed by atoms with Gasteiger partial charge in [0.05, 0.1) is 6.10 Å². The lowest BCUT2D eigenvalue weighted by atomic mass is 9.98. The molecule has 1 aliphatic rings. The third-order valence-electron chi connectivity index (χ3n) is 1.57. The fraction of sp³-hybridized carbons (Fsp3) is 1.00. The Balaban J connectivity index is 0.000000218. The number of alkyl halides is 3. The Morgan fingerprint density at radius 1 is 1.00 bits per heavy atom. The highest BCUT2D eigenvalue weighted by Crippen LogP contribution is 2.16. The van der Waals surface area contributed by atoms with E-state index in [1.165, 1.54) is 19.3 Å². The molecule has 1 fully saturated rings. The highest BCUT2D eigenvalue weighted by Gasteiger charge is 2.07. The smallest absolute Gasteiger partial charge is 0.379 e. The first-order valence-corrected chi connectivity index (χ1v) is 3.73. The molecule has 0 amide bonds. The van der Waals surface area contributed by atoms with E-state index in [1.807, 2.05) is 0 Å². The van der Waals surface area contributed by atoms with Crippen LogP contribution in [-0.4, -0.2) is 17.9 Å². The summed E-state index contributed by atoms with van der Waals surface area (Å²) in [7, 11) is 0. The van der Waals surface area contributed by atoms with Gasteiger partial charge in [-0.05, 0) is 12.8 Å². The van der Waals surface area contributed by atoms with E-state index < -0.39 is 6.68 Å². The van der Waals surface area contributed by atoms with Gasteiger partial charge in [0.15, 0.2) is 0 Å². The molecular weight excluding hydrogens is 157 g/mol. The first-order valence-electron chi connectivity index (χ1n) is 3.73. The maximum atomic E-state index is 9.67. The quantitative estimate of drug-likeness (QED) is 0.592. The zero-order chi connectivity index (χ0) is 8.69. The third kappa shape index (κ3) is 9.75. The fourth-order valence-electron chi connectivity index (χ4n) is 1.08. The van der Waals surface area contributed by atoms with Gasteiger partial charge in [-0.15, -0.1) is 0 Å². The highest BCUT2D eigenvalue weighted by molar-refractivity contribution is 4.61. The molecule has 1 saturated carbocycles. The Hall–Kier alpha value is -0.250. The van der Waals surface area contributed by atoms with Crippen LogP contribution < -0.4 is 0 Å². The van der Waals surface area contributed by atoms with Gasteiger partial charge in [0.2, 0.25) is 0 Å². The van der Waals surface area contributed by atoms with Crippen molar-refractivity contribution in [3.8, 4) is 0 Å². The van der Waals surface area contributed by atoms with E-state index in [0.29, 0.717) is 0 Å². The van der Waals surface area contributed by atoms with E-state index in [2.05, 4.69) is 0 Å². The number of halogens is 3. The van der Waals surface area contributed by atoms with Gasteiger partial charge in [-0.25, -0.2) is 0 Å². The number of aliphatic hydroxyl groups is 1. The predicted molar refractivity (Wildman–Crippen MR) is 36.2 cm³/mol. The van der Waals surface area contributed by atoms with Gasteiger partial charge in [0.25, 0.3) is 0 Å². The van der Waals surface area contributed by atoms with E-state index in [9.17, 15) is 13.2 Å². The molecule has 0 radical (unpaired) electrons. The molecule has 1 rings (SSSR count). The molecule has 0 atom stereocenters. The minimum absolute atomic E-state index is 0.0359. The van der Waals surface area contributed by atoms with Crippen molar-refractivity contribution in [2.45, 2.75) is 44.9 Å². The summed E-state index contributed by atoms with van der Waals surface area (Å²) >= 11 is 0. The van der Waals surface area contributed by atoms with Gasteiger partial charge >= 0.3 is 6.68 Å². The van der Waals surface area contributed by atoms with Gasteiger partial charge < -0.3 is 5.11 Å². The zero-order valence-corrected chi connectivity index (χ0v) is 6.27. The average Bonchev–Trinajstić information content (AvgIpc) is 1.87. The molecule has 1 nitrogen and oxygen atoms in total. The van der Waals surface area contributed by atoms with Crippen LogP contribution in [-0.2, 0) is 0 Å². The van der Waals surface area contributed by atoms with E-state index >= 15 is 0 Å². The van der Waals surface area contributed by atoms with Crippen LogP contribution in [0.3, 0.4) is 0 Å². The molecule has 0 heterocycles. The molecule has 0 aromatic carbocycles. The lowest BCUT2D eigenvalue weighted by Crippen LogP contribution is -2.09. The molecule has 0 aromatic rings. The van der Waals surface area contributed by atoms with Gasteiger partial charge in [0.1, 0.15) is 0 Å². The normalized spacial score (nSPS) is 19.4. The fourth-order valence-corrected chi connectivity index (χ4v) is 1.08. The first-order chi connectivity index (χ1) is 5.13. The average molecular weight is 170 g/mol. The predicted octanol–water partition coefficient (Wildman–Crippen LogP) is 2.49. The molecule has 0 aromatic heterocycles. The molecule has 1 aliphatic carbocycles. The SMILES string of the molecule is FC(F)F.OC1CCCCC1. The lowest BCUT2D eigenvalue weighted by molar-refractivity contribution is 0.00819. The molecular formula is C7H13F3O. The first kappa shape index (κ1) is 10.8. The summed E-state index contributed by atoms with van der Waals surface area (Å²) in [6.07, 6.45) is 5.92. The van der Waals surface area contributed by atoms with Gasteiger partial charge in [-0.3, -0.25) is 0 Å². The molecule has 1 N–H and O–H groups in total. The van der Waals surface area contributed by atoms with E-state index in [1.54, 1.807) is 0 Å². The van der Waals surface area contributed by atoms with E-state index in [0.717, 1.165) is 12.8 Å². The second-order valence-electron chi connectivity index (χ2n) is 2.54. The van der Waals surface area contributed by atoms with E-state index in [-0.39, 0.29) is 6.10 Å². The van der Waals surface area contributed by atoms with Crippen LogP contribution in [0.25, 0.3) is 0 Å². The summed E-state index contributed by atoms with van der Waals surface area (Å²) in [5, 5.41) is 8.91. The summed E-state index contributed by atoms with van der Waals surface area (Å²) in [4.78, 5) is 0. The van der Waals surface area contributed by atoms with Crippen LogP contribution >= 0.6 is 0 Å². The van der Waals surface area contributed by atoms with Crippen LogP contribution in [0.4, 0.5) is 13.2 Å². The van der Waals surface area contributed by atoms with Crippen molar-refractivity contribution in [1.29, 1.82) is 0 Å². The van der Waals surface area contributed by atoms with Crippen molar-refractivity contribution in [2.75, 3.05) is 0 Å². The molecule has 0 unspecified atom stereocenters. The van der Waals surface area contributed by atoms with Crippen molar-refractivity contribution in [1.82, 2.24) is 0 Å². The highest BCUT2D eigenvalue weighted by atomic mass is 19.4. The summed E-state index contributed by atoms with van der Waals surface area (Å²) < 4.78 is 29.0. The van der Waals surface area contributed by atoms with Gasteiger partial charge in [-0.1, -0.05) is 19.3 Å². The van der Waals surface area contributed by atoms with Crippen LogP contribution in [0.2, 0.25) is 0 Å². The van der Waals surface area contributed by atoms with Crippen LogP contribution in [0.1, 0.15) is 32.1 Å². The zero-order valence-electron chi connectivity index (χ0n) is 6.27. The van der Waals surface area contributed by atoms with Crippen molar-refractivity contribution >= 4 is 0 Å². The number of rotatable bonds is 0. The summed E-state index contributed by atoms with van der Waals surface area (Å²) in [5.74, 6) is 0. The van der Waals surface area contributed by atoms with Crippen molar-refractivity contribution in [3.63, 3.8) is 0 Å². The molecule has 0 spiro atoms. The largest absolute Gasteiger partial charge is 0.393 e. The Bertz CT molecular complexity index is 79.0. The summed E-state index contributed by atoms with van der Waals surface area (Å²) in [5.41, 5.74) is 0. The van der Waals surface area contributed by atoms with Crippen molar-refractivity contribution in [2.24, 2.45) is 0 Å². The maximum Gasteiger partial charge on any atom is 0.379 e. The lowest BCUT2D eigenvalue weighted by Gasteiger charge is -2.14. The molecule has 0 bridgehead atoms. The van der Waals surface area contributed by atoms with Gasteiger partial charge in [0, 0.05) is 0 Å². The van der Waals surface area contributed by atoms with Crippen LogP contribution in [0.15, 0.2) is 0 Å². The summed E-state index contributed by atoms with van der Waals surface area (Å²) in [6, 6.07) is 0. The maximum absolute atomic E-state index is 9.67. The van der Waals surface area contributed by atoms with Crippen molar-refractivity contribution in [3.05, 3.63) is 0 Å². The molecule has 11 heavy (non-hydrogen) atoms. The minimum atomic E-state index is -3.67. The van der Waals surface area contributed by atoms with Crippen LogP contribution in [0, 0.1) is 0 Å². The Labute approximate surface area is 64.2 Å². The number of hydrogen-bond acceptors (Lipinski definition) is 1. The Morgan fingerprint density at radius 3 is 1.55 bits per heavy atom. The Morgan fingerprint density at radius 2 is 1.36 bits per heavy atom.